The molecule has 140 heavy (non-hydrogen) atoms. The lowest BCUT2D eigenvalue weighted by molar-refractivity contribution is 1.17. The van der Waals surface area contributed by atoms with Crippen molar-refractivity contribution in [1.82, 2.24) is 27.4 Å². The highest BCUT2D eigenvalue weighted by molar-refractivity contribution is 6.21. The maximum Gasteiger partial charge on any atom is 0.189 e. The molecular formula is C130H80N10. The van der Waals surface area contributed by atoms with E-state index >= 15 is 0 Å². The highest BCUT2D eigenvalue weighted by atomic mass is 15.0. The minimum atomic E-state index is 0.631. The van der Waals surface area contributed by atoms with E-state index in [2.05, 4.69) is 457 Å². The fourth-order valence-corrected chi connectivity index (χ4v) is 21.9. The molecule has 650 valence electrons. The Hall–Kier alpha value is -19.6. The molecule has 0 atom stereocenters. The molecule has 0 spiro atoms. The van der Waals surface area contributed by atoms with Crippen molar-refractivity contribution in [2.24, 2.45) is 0 Å². The molecule has 0 unspecified atom stereocenters. The number of fused-ring (bicyclic) bond motifs is 18. The second-order valence-electron chi connectivity index (χ2n) is 35.2. The first-order valence-corrected chi connectivity index (χ1v) is 46.9. The van der Waals surface area contributed by atoms with Gasteiger partial charge in [0, 0.05) is 92.7 Å². The molecule has 0 saturated heterocycles. The minimum absolute atomic E-state index is 0.631. The zero-order valence-electron chi connectivity index (χ0n) is 75.7. The Balaban J connectivity index is 0.000000111. The van der Waals surface area contributed by atoms with Gasteiger partial charge in [-0.2, -0.15) is 15.8 Å². The molecule has 27 rings (SSSR count). The van der Waals surface area contributed by atoms with Crippen LogP contribution in [0.25, 0.3) is 237 Å². The number of rotatable bonds is 12. The van der Waals surface area contributed by atoms with Gasteiger partial charge in [-0.3, -0.25) is 0 Å². The van der Waals surface area contributed by atoms with Crippen LogP contribution in [0.3, 0.4) is 0 Å². The van der Waals surface area contributed by atoms with Crippen LogP contribution in [-0.4, -0.2) is 27.4 Å². The monoisotopic (exact) mass is 1780 g/mol. The van der Waals surface area contributed by atoms with Gasteiger partial charge in [-0.05, 0) is 202 Å². The predicted molar refractivity (Wildman–Crippen MR) is 578 cm³/mol. The smallest absolute Gasteiger partial charge is 0.189 e. The van der Waals surface area contributed by atoms with Crippen molar-refractivity contribution < 1.29 is 0 Å². The summed E-state index contributed by atoms with van der Waals surface area (Å²) in [7, 11) is 0. The maximum absolute atomic E-state index is 10.0. The molecule has 6 aromatic heterocycles. The van der Waals surface area contributed by atoms with E-state index in [0.29, 0.717) is 22.4 Å². The van der Waals surface area contributed by atoms with Crippen molar-refractivity contribution in [3.63, 3.8) is 0 Å². The van der Waals surface area contributed by atoms with E-state index in [4.69, 9.17) is 6.57 Å². The lowest BCUT2D eigenvalue weighted by Gasteiger charge is -2.17. The summed E-state index contributed by atoms with van der Waals surface area (Å²) >= 11 is 0. The average molecular weight is 1780 g/mol. The van der Waals surface area contributed by atoms with Gasteiger partial charge in [0.15, 0.2) is 5.69 Å². The number of nitrogens with zero attached hydrogens (tertiary/aromatic N) is 10. The van der Waals surface area contributed by atoms with Crippen molar-refractivity contribution in [1.29, 1.82) is 15.8 Å². The van der Waals surface area contributed by atoms with Gasteiger partial charge in [0.1, 0.15) is 6.07 Å². The Bertz CT molecular complexity index is 9820. The van der Waals surface area contributed by atoms with Crippen molar-refractivity contribution in [3.05, 3.63) is 513 Å². The largest absolute Gasteiger partial charge is 0.310 e. The van der Waals surface area contributed by atoms with Gasteiger partial charge in [0.2, 0.25) is 0 Å². The van der Waals surface area contributed by atoms with E-state index < -0.39 is 0 Å². The van der Waals surface area contributed by atoms with Crippen LogP contribution < -0.4 is 0 Å². The summed E-state index contributed by atoms with van der Waals surface area (Å²) in [6.45, 7) is 7.62. The molecule has 0 aliphatic heterocycles. The van der Waals surface area contributed by atoms with Crippen LogP contribution in [-0.2, 0) is 0 Å². The van der Waals surface area contributed by atoms with Gasteiger partial charge in [-0.1, -0.05) is 334 Å². The Labute approximate surface area is 806 Å². The van der Waals surface area contributed by atoms with E-state index in [-0.39, 0.29) is 0 Å². The average Bonchev–Trinajstić information content (AvgIpc) is 1.56. The summed E-state index contributed by atoms with van der Waals surface area (Å²) in [5.41, 5.74) is 36.3. The summed E-state index contributed by atoms with van der Waals surface area (Å²) in [4.78, 5) is 3.71. The third-order valence-electron chi connectivity index (χ3n) is 27.7. The number of aromatic nitrogens is 6. The molecule has 10 nitrogen and oxygen atoms in total. The molecule has 6 heterocycles. The molecule has 0 radical (unpaired) electrons. The highest BCUT2D eigenvalue weighted by Crippen LogP contribution is 2.50. The van der Waals surface area contributed by atoms with E-state index in [1.54, 1.807) is 0 Å². The lowest BCUT2D eigenvalue weighted by atomic mass is 9.91. The maximum atomic E-state index is 10.0. The molecule has 0 N–H and O–H groups in total. The standard InChI is InChI=1S/C44H26N4.2C43H27N3/c45-27-29-24-25-42-37(26-29)34-16-5-9-21-40(34)48(42)39-20-8-4-15-33(39)31-13-2-3-14-32(31)35-18-11-23-43-44(35)36-17-6-10-22-41(36)47(43)38-19-7-1-12-30(38)28-46;1-44-29-14-12-15-30(28-29)45-41-26-11-7-21-37(41)43-36(22-13-27-42(43)45)32-17-3-2-16-31(32)33-18-4-8-23-38(33)46-39-24-9-5-19-34(39)35-20-6-10-25-40(35)46;44-28-29-24-26-30(27-25-29)45-41-22-10-6-17-37(41)43-36(18-11-23-42(43)45)32-13-2-1-12-31(32)33-14-3-7-19-38(33)46-39-20-8-4-15-34(39)35-16-5-9-21-40(35)46/h1-26H;2-28H;1-27H. The van der Waals surface area contributed by atoms with E-state index in [1.165, 1.54) is 110 Å². The van der Waals surface area contributed by atoms with Crippen LogP contribution in [0.4, 0.5) is 5.69 Å². The summed E-state index contributed by atoms with van der Waals surface area (Å²) in [5.74, 6) is 0. The van der Waals surface area contributed by atoms with Crippen LogP contribution in [0.5, 0.6) is 0 Å². The van der Waals surface area contributed by atoms with Crippen LogP contribution in [0.1, 0.15) is 16.7 Å². The van der Waals surface area contributed by atoms with Crippen molar-refractivity contribution >= 4 is 137 Å². The zero-order valence-corrected chi connectivity index (χ0v) is 75.7. The third-order valence-corrected chi connectivity index (χ3v) is 27.7. The molecule has 0 fully saturated rings. The summed E-state index contributed by atoms with van der Waals surface area (Å²) in [5, 5.41) is 43.4. The topological polar surface area (TPSA) is 105 Å². The van der Waals surface area contributed by atoms with Gasteiger partial charge in [-0.25, -0.2) is 4.85 Å². The quantitative estimate of drug-likeness (QED) is 0.114. The second kappa shape index (κ2) is 34.4. The molecular weight excluding hydrogens is 1700 g/mol. The second-order valence-corrected chi connectivity index (χ2v) is 35.2. The third kappa shape index (κ3) is 13.4. The Kier molecular flexibility index (Phi) is 20.2. The molecule has 0 saturated carbocycles. The normalized spacial score (nSPS) is 11.4. The lowest BCUT2D eigenvalue weighted by Crippen LogP contribution is -1.98. The van der Waals surface area contributed by atoms with Gasteiger partial charge in [0.05, 0.1) is 124 Å². The first kappa shape index (κ1) is 82.3. The highest BCUT2D eigenvalue weighted by Gasteiger charge is 2.28. The fourth-order valence-electron chi connectivity index (χ4n) is 21.9. The molecule has 10 heteroatoms. The van der Waals surface area contributed by atoms with E-state index in [1.807, 2.05) is 78.9 Å². The predicted octanol–water partition coefficient (Wildman–Crippen LogP) is 33.8. The first-order chi connectivity index (χ1) is 69.4. The summed E-state index contributed by atoms with van der Waals surface area (Å²) in [6.07, 6.45) is 0. The Morgan fingerprint density at radius 3 is 0.800 bits per heavy atom. The first-order valence-electron chi connectivity index (χ1n) is 46.9. The van der Waals surface area contributed by atoms with Crippen molar-refractivity contribution in [2.45, 2.75) is 0 Å². The Morgan fingerprint density at radius 1 is 0.171 bits per heavy atom. The molecule has 0 aliphatic rings. The van der Waals surface area contributed by atoms with Crippen LogP contribution in [0.15, 0.2) is 485 Å². The van der Waals surface area contributed by atoms with Gasteiger partial charge < -0.3 is 27.4 Å². The molecule has 0 amide bonds. The summed E-state index contributed by atoms with van der Waals surface area (Å²) in [6, 6.07) is 177. The fraction of sp³-hybridized carbons (Fsp3) is 0. The van der Waals surface area contributed by atoms with Crippen LogP contribution >= 0.6 is 0 Å². The number of para-hydroxylation sites is 12. The SMILES string of the molecule is N#Cc1ccc(-n2c3ccccc3c3c(-c4ccccc4-c4ccccc4-n4c5ccccc5c5ccccc54)cccc32)cc1.N#Cc1ccc2c(c1)c1ccccc1n2-c1ccccc1-c1ccccc1-c1cccc2c1c1ccccc1n2-c1ccccc1C#N.[C-]#[N+]c1cccc(-n2c3ccccc3c3c(-c4ccccc4-c4ccccc4-n4c5ccccc5c5ccccc54)cccc32)c1. The van der Waals surface area contributed by atoms with Crippen LogP contribution in [0.2, 0.25) is 0 Å². The van der Waals surface area contributed by atoms with Gasteiger partial charge in [-0.15, -0.1) is 0 Å². The van der Waals surface area contributed by atoms with E-state index in [0.717, 1.165) is 122 Å². The van der Waals surface area contributed by atoms with E-state index in [9.17, 15) is 15.8 Å². The van der Waals surface area contributed by atoms with Gasteiger partial charge >= 0.3 is 0 Å². The molecule has 0 aliphatic carbocycles. The summed E-state index contributed by atoms with van der Waals surface area (Å²) < 4.78 is 14.0. The zero-order chi connectivity index (χ0) is 93.4. The molecule has 0 bridgehead atoms. The molecule has 27 aromatic rings. The Morgan fingerprint density at radius 2 is 0.429 bits per heavy atom. The minimum Gasteiger partial charge on any atom is -0.310 e. The number of nitriles is 3. The molecule has 21 aromatic carbocycles. The van der Waals surface area contributed by atoms with Gasteiger partial charge in [0.25, 0.3) is 0 Å². The van der Waals surface area contributed by atoms with Crippen LogP contribution in [0, 0.1) is 40.6 Å². The van der Waals surface area contributed by atoms with Crippen molar-refractivity contribution in [2.75, 3.05) is 0 Å². The number of hydrogen-bond donors (Lipinski definition) is 0. The number of hydrogen-bond acceptors (Lipinski definition) is 3. The number of benzene rings is 21. The van der Waals surface area contributed by atoms with Crippen molar-refractivity contribution in [3.8, 4) is 119 Å².